The van der Waals surface area contributed by atoms with E-state index in [0.29, 0.717) is 0 Å². The predicted molar refractivity (Wildman–Crippen MR) is 186 cm³/mol. The lowest BCUT2D eigenvalue weighted by molar-refractivity contribution is 1.27. The maximum Gasteiger partial charge on any atom is 0.174 e. The van der Waals surface area contributed by atoms with E-state index in [4.69, 9.17) is 9.97 Å². The molecule has 12 aromatic rings. The van der Waals surface area contributed by atoms with Crippen LogP contribution in [-0.4, -0.2) is 19.9 Å². The predicted octanol–water partition coefficient (Wildman–Crippen LogP) is 10.7. The van der Waals surface area contributed by atoms with Crippen molar-refractivity contribution in [2.24, 2.45) is 0 Å². The van der Waals surface area contributed by atoms with Gasteiger partial charge >= 0.3 is 0 Å². The molecule has 0 unspecified atom stereocenters. The van der Waals surface area contributed by atoms with E-state index in [1.54, 1.807) is 0 Å². The second-order valence-electron chi connectivity index (χ2n) is 12.4. The van der Waals surface area contributed by atoms with Crippen LogP contribution in [0, 0.1) is 0 Å². The van der Waals surface area contributed by atoms with Crippen LogP contribution in [0.15, 0.2) is 109 Å². The fourth-order valence-corrected chi connectivity index (χ4v) is 8.22. The minimum Gasteiger partial charge on any atom is -0.335 e. The van der Waals surface area contributed by atoms with Crippen molar-refractivity contribution in [3.63, 3.8) is 0 Å². The SMILES string of the molecule is c1ccc2cc3cc4[nH]c5nc6c7ccc8ccc9ccc%10ccc%11ccc(c6nc5[nH]c4cc3cc2c1)c1c%11c%10c9c8c71. The first kappa shape index (κ1) is 21.7. The summed E-state index contributed by atoms with van der Waals surface area (Å²) in [6, 6.07) is 40.1. The van der Waals surface area contributed by atoms with E-state index >= 15 is 0 Å². The van der Waals surface area contributed by atoms with E-state index in [1.165, 1.54) is 75.4 Å². The molecule has 0 fully saturated rings. The average Bonchev–Trinajstić information content (AvgIpc) is 3.07. The molecule has 4 heteroatoms. The zero-order chi connectivity index (χ0) is 28.3. The summed E-state index contributed by atoms with van der Waals surface area (Å²) in [4.78, 5) is 17.9. The summed E-state index contributed by atoms with van der Waals surface area (Å²) in [6.45, 7) is 0. The zero-order valence-corrected chi connectivity index (χ0v) is 23.3. The van der Waals surface area contributed by atoms with Gasteiger partial charge < -0.3 is 9.97 Å². The molecule has 0 atom stereocenters. The molecule has 200 valence electrons. The third kappa shape index (κ3) is 2.46. The number of hydrogen-bond donors (Lipinski definition) is 2. The van der Waals surface area contributed by atoms with Crippen LogP contribution in [0.2, 0.25) is 0 Å². The maximum atomic E-state index is 5.33. The average molecular weight is 557 g/mol. The molecule has 0 radical (unpaired) electrons. The van der Waals surface area contributed by atoms with Crippen LogP contribution in [0.1, 0.15) is 0 Å². The van der Waals surface area contributed by atoms with Crippen LogP contribution in [0.3, 0.4) is 0 Å². The lowest BCUT2D eigenvalue weighted by Gasteiger charge is -2.21. The van der Waals surface area contributed by atoms with Gasteiger partial charge in [0.2, 0.25) is 0 Å². The normalized spacial score (nSPS) is 13.0. The lowest BCUT2D eigenvalue weighted by atomic mass is 9.82. The standard InChI is InChI=1S/C40H20N4/c1-2-4-24-16-26-18-30-29(17-25(26)15-23(24)3-1)41-39-40(42-30)44-38-28-14-12-22-10-8-20-6-5-19-7-9-21-11-13-27(37(38)43-39)35-33(21)31(19)32(20)34(22)36(28)35/h1-18H,(H,41,43)(H,42,44). The maximum absolute atomic E-state index is 5.33. The molecule has 0 saturated carbocycles. The van der Waals surface area contributed by atoms with Gasteiger partial charge in [0.05, 0.1) is 22.1 Å². The monoisotopic (exact) mass is 556 g/mol. The van der Waals surface area contributed by atoms with Gasteiger partial charge in [0.15, 0.2) is 11.3 Å². The Hall–Kier alpha value is -6.00. The number of benzene rings is 10. The largest absolute Gasteiger partial charge is 0.335 e. The Morgan fingerprint density at radius 1 is 0.341 bits per heavy atom. The molecule has 0 aliphatic rings. The van der Waals surface area contributed by atoms with Gasteiger partial charge in [-0.3, -0.25) is 0 Å². The highest BCUT2D eigenvalue weighted by Crippen LogP contribution is 2.50. The highest BCUT2D eigenvalue weighted by molar-refractivity contribution is 6.47. The fourth-order valence-electron chi connectivity index (χ4n) is 8.22. The highest BCUT2D eigenvalue weighted by atomic mass is 15.0. The van der Waals surface area contributed by atoms with Crippen LogP contribution in [0.4, 0.5) is 0 Å². The number of aromatic amines is 2. The number of fused-ring (bicyclic) bond motifs is 7. The van der Waals surface area contributed by atoms with Crippen molar-refractivity contribution in [3.05, 3.63) is 109 Å². The van der Waals surface area contributed by atoms with Crippen molar-refractivity contribution in [2.45, 2.75) is 0 Å². The van der Waals surface area contributed by atoms with E-state index in [0.717, 1.165) is 44.1 Å². The molecule has 0 aliphatic carbocycles. The van der Waals surface area contributed by atoms with Gasteiger partial charge in [-0.15, -0.1) is 0 Å². The molecule has 0 bridgehead atoms. The van der Waals surface area contributed by atoms with E-state index < -0.39 is 0 Å². The number of rotatable bonds is 0. The van der Waals surface area contributed by atoms with Crippen LogP contribution in [-0.2, 0) is 0 Å². The summed E-state index contributed by atoms with van der Waals surface area (Å²) in [5, 5.41) is 20.2. The molecule has 4 nitrogen and oxygen atoms in total. The van der Waals surface area contributed by atoms with Gasteiger partial charge in [0, 0.05) is 21.5 Å². The number of aromatic nitrogens is 4. The lowest BCUT2D eigenvalue weighted by Crippen LogP contribution is -1.98. The van der Waals surface area contributed by atoms with Crippen LogP contribution in [0.25, 0.3) is 120 Å². The Balaban J connectivity index is 1.28. The van der Waals surface area contributed by atoms with Crippen molar-refractivity contribution >= 4 is 120 Å². The summed E-state index contributed by atoms with van der Waals surface area (Å²) in [5.41, 5.74) is 5.39. The Kier molecular flexibility index (Phi) is 3.51. The van der Waals surface area contributed by atoms with Crippen molar-refractivity contribution in [3.8, 4) is 0 Å². The molecule has 2 aromatic heterocycles. The summed E-state index contributed by atoms with van der Waals surface area (Å²) in [7, 11) is 0. The first-order valence-electron chi connectivity index (χ1n) is 15.1. The molecule has 12 rings (SSSR count). The zero-order valence-electron chi connectivity index (χ0n) is 23.3. The summed E-state index contributed by atoms with van der Waals surface area (Å²) >= 11 is 0. The molecular formula is C40H20N4. The number of nitrogens with one attached hydrogen (secondary N) is 2. The summed E-state index contributed by atoms with van der Waals surface area (Å²) < 4.78 is 0. The first-order chi connectivity index (χ1) is 21.8. The van der Waals surface area contributed by atoms with Crippen LogP contribution >= 0.6 is 0 Å². The quantitative estimate of drug-likeness (QED) is 0.144. The summed E-state index contributed by atoms with van der Waals surface area (Å²) in [5.74, 6) is 0. The van der Waals surface area contributed by atoms with Crippen molar-refractivity contribution in [1.82, 2.24) is 19.9 Å². The van der Waals surface area contributed by atoms with Gasteiger partial charge in [0.25, 0.3) is 0 Å². The van der Waals surface area contributed by atoms with Gasteiger partial charge in [-0.05, 0) is 88.9 Å². The molecule has 0 spiro atoms. The van der Waals surface area contributed by atoms with Gasteiger partial charge in [-0.2, -0.15) is 0 Å². The minimum atomic E-state index is 0.754. The van der Waals surface area contributed by atoms with E-state index in [9.17, 15) is 0 Å². The molecular weight excluding hydrogens is 536 g/mol. The van der Waals surface area contributed by atoms with Crippen LogP contribution in [0.5, 0.6) is 0 Å². The van der Waals surface area contributed by atoms with Gasteiger partial charge in [0.1, 0.15) is 0 Å². The third-order valence-electron chi connectivity index (χ3n) is 10.1. The van der Waals surface area contributed by atoms with Crippen molar-refractivity contribution < 1.29 is 0 Å². The van der Waals surface area contributed by atoms with Crippen molar-refractivity contribution in [1.29, 1.82) is 0 Å². The molecule has 0 amide bonds. The van der Waals surface area contributed by atoms with Crippen LogP contribution < -0.4 is 0 Å². The molecule has 0 saturated heterocycles. The molecule has 2 N–H and O–H groups in total. The fraction of sp³-hybridized carbons (Fsp3) is 0. The molecule has 10 aromatic carbocycles. The van der Waals surface area contributed by atoms with E-state index in [1.807, 2.05) is 0 Å². The van der Waals surface area contributed by atoms with Gasteiger partial charge in [-0.25, -0.2) is 9.97 Å². The molecule has 0 aliphatic heterocycles. The Morgan fingerprint density at radius 3 is 1.16 bits per heavy atom. The Bertz CT molecular complexity index is 2990. The topological polar surface area (TPSA) is 57.4 Å². The van der Waals surface area contributed by atoms with Gasteiger partial charge in [-0.1, -0.05) is 84.9 Å². The molecule has 44 heavy (non-hydrogen) atoms. The highest BCUT2D eigenvalue weighted by Gasteiger charge is 2.23. The second kappa shape index (κ2) is 7.13. The molecule has 2 heterocycles. The Labute approximate surface area is 248 Å². The number of H-pyrrole nitrogens is 2. The third-order valence-corrected chi connectivity index (χ3v) is 10.1. The summed E-state index contributed by atoms with van der Waals surface area (Å²) in [6.07, 6.45) is 0. The van der Waals surface area contributed by atoms with Crippen molar-refractivity contribution in [2.75, 3.05) is 0 Å². The first-order valence-corrected chi connectivity index (χ1v) is 15.1. The number of nitrogens with zero attached hydrogens (tertiary/aromatic N) is 2. The smallest absolute Gasteiger partial charge is 0.174 e. The Morgan fingerprint density at radius 2 is 0.727 bits per heavy atom. The van der Waals surface area contributed by atoms with E-state index in [-0.39, 0.29) is 0 Å². The number of hydrogen-bond acceptors (Lipinski definition) is 2. The van der Waals surface area contributed by atoms with E-state index in [2.05, 4.69) is 119 Å². The minimum absolute atomic E-state index is 0.754. The second-order valence-corrected chi connectivity index (χ2v) is 12.4.